The van der Waals surface area contributed by atoms with Gasteiger partial charge in [0.15, 0.2) is 0 Å². The molecule has 0 aliphatic carbocycles. The minimum Gasteiger partial charge on any atom is -0.497 e. The third-order valence-corrected chi connectivity index (χ3v) is 6.64. The Hall–Kier alpha value is -3.76. The molecule has 0 spiro atoms. The molecule has 4 rings (SSSR count). The summed E-state index contributed by atoms with van der Waals surface area (Å²) in [6.45, 7) is -0.0399. The molecular formula is C24H20N2O4S. The first-order valence-corrected chi connectivity index (χ1v) is 11.0. The number of carbonyl (C=O) groups is 1. The Balaban J connectivity index is 1.58. The van der Waals surface area contributed by atoms with E-state index >= 15 is 0 Å². The molecule has 156 valence electrons. The average Bonchev–Trinajstić information content (AvgIpc) is 2.78. The number of rotatable bonds is 4. The standard InChI is InChI=1S/C24H20N2O4S/c1-30-21-13-10-18(11-14-21)8-5-9-19-12-15-22-23(16-19)31(28,29)26(24(27)25-22)17-20-6-3-2-4-7-20/h2-4,6-7,10-16H,8,17H2,1H3,(H,25,27). The number of sulfonamides is 1. The summed E-state index contributed by atoms with van der Waals surface area (Å²) in [6.07, 6.45) is 0.519. The number of hydrogen-bond acceptors (Lipinski definition) is 4. The second kappa shape index (κ2) is 8.54. The van der Waals surface area contributed by atoms with E-state index in [1.54, 1.807) is 43.5 Å². The molecule has 1 heterocycles. The highest BCUT2D eigenvalue weighted by Gasteiger charge is 2.36. The van der Waals surface area contributed by atoms with Gasteiger partial charge in [-0.3, -0.25) is 0 Å². The van der Waals surface area contributed by atoms with E-state index in [1.807, 2.05) is 30.3 Å². The van der Waals surface area contributed by atoms with Crippen molar-refractivity contribution in [1.29, 1.82) is 0 Å². The lowest BCUT2D eigenvalue weighted by molar-refractivity contribution is 0.233. The summed E-state index contributed by atoms with van der Waals surface area (Å²) in [4.78, 5) is 12.5. The summed E-state index contributed by atoms with van der Waals surface area (Å²) in [6, 6.07) is 20.7. The molecule has 1 N–H and O–H groups in total. The number of urea groups is 1. The zero-order valence-corrected chi connectivity index (χ0v) is 17.6. The number of nitrogens with one attached hydrogen (secondary N) is 1. The van der Waals surface area contributed by atoms with Crippen molar-refractivity contribution in [3.05, 3.63) is 89.5 Å². The Labute approximate surface area is 181 Å². The van der Waals surface area contributed by atoms with E-state index in [9.17, 15) is 13.2 Å². The molecule has 6 nitrogen and oxygen atoms in total. The molecule has 1 aliphatic heterocycles. The number of methoxy groups -OCH3 is 1. The second-order valence-corrected chi connectivity index (χ2v) is 8.80. The number of anilines is 1. The number of carbonyl (C=O) groups excluding carboxylic acids is 1. The predicted octanol–water partition coefficient (Wildman–Crippen LogP) is 4.03. The lowest BCUT2D eigenvalue weighted by atomic mass is 10.1. The Bertz CT molecular complexity index is 1270. The van der Waals surface area contributed by atoms with E-state index < -0.39 is 16.1 Å². The summed E-state index contributed by atoms with van der Waals surface area (Å²) in [5.41, 5.74) is 2.57. The molecule has 7 heteroatoms. The minimum absolute atomic E-state index is 0.0399. The molecule has 2 amide bonds. The lowest BCUT2D eigenvalue weighted by Gasteiger charge is -2.29. The predicted molar refractivity (Wildman–Crippen MR) is 118 cm³/mol. The van der Waals surface area contributed by atoms with Crippen molar-refractivity contribution < 1.29 is 17.9 Å². The van der Waals surface area contributed by atoms with E-state index in [0.717, 1.165) is 21.2 Å². The topological polar surface area (TPSA) is 75.7 Å². The second-order valence-electron chi connectivity index (χ2n) is 6.96. The van der Waals surface area contributed by atoms with Crippen molar-refractivity contribution in [3.8, 4) is 17.6 Å². The summed E-state index contributed by atoms with van der Waals surface area (Å²) >= 11 is 0. The molecule has 0 radical (unpaired) electrons. The van der Waals surface area contributed by atoms with Crippen molar-refractivity contribution >= 4 is 21.7 Å². The van der Waals surface area contributed by atoms with Crippen LogP contribution in [-0.2, 0) is 23.0 Å². The number of fused-ring (bicyclic) bond motifs is 1. The van der Waals surface area contributed by atoms with Crippen LogP contribution >= 0.6 is 0 Å². The summed E-state index contributed by atoms with van der Waals surface area (Å²) in [5.74, 6) is 6.85. The number of ether oxygens (including phenoxy) is 1. The fraction of sp³-hybridized carbons (Fsp3) is 0.125. The van der Waals surface area contributed by atoms with Crippen LogP contribution in [0, 0.1) is 11.8 Å². The lowest BCUT2D eigenvalue weighted by Crippen LogP contribution is -2.43. The summed E-state index contributed by atoms with van der Waals surface area (Å²) < 4.78 is 32.3. The van der Waals surface area contributed by atoms with Gasteiger partial charge in [-0.2, -0.15) is 0 Å². The maximum Gasteiger partial charge on any atom is 0.336 e. The van der Waals surface area contributed by atoms with Crippen LogP contribution < -0.4 is 10.1 Å². The maximum absolute atomic E-state index is 13.1. The first kappa shape index (κ1) is 20.5. The van der Waals surface area contributed by atoms with Crippen LogP contribution in [0.25, 0.3) is 0 Å². The van der Waals surface area contributed by atoms with Crippen LogP contribution in [0.3, 0.4) is 0 Å². The largest absolute Gasteiger partial charge is 0.497 e. The maximum atomic E-state index is 13.1. The Morgan fingerprint density at radius 3 is 2.42 bits per heavy atom. The molecule has 0 saturated heterocycles. The third kappa shape index (κ3) is 4.39. The molecule has 0 bridgehead atoms. The van der Waals surface area contributed by atoms with Crippen molar-refractivity contribution in [2.45, 2.75) is 17.9 Å². The monoisotopic (exact) mass is 432 g/mol. The van der Waals surface area contributed by atoms with Crippen LogP contribution in [0.2, 0.25) is 0 Å². The SMILES string of the molecule is COc1ccc(CC#Cc2ccc3c(c2)S(=O)(=O)N(Cc2ccccc2)C(=O)N3)cc1. The van der Waals surface area contributed by atoms with E-state index in [-0.39, 0.29) is 17.1 Å². The Morgan fingerprint density at radius 1 is 0.968 bits per heavy atom. The van der Waals surface area contributed by atoms with Gasteiger partial charge in [0.2, 0.25) is 0 Å². The summed E-state index contributed by atoms with van der Waals surface area (Å²) in [7, 11) is -2.38. The van der Waals surface area contributed by atoms with Crippen LogP contribution in [0.15, 0.2) is 77.7 Å². The van der Waals surface area contributed by atoms with Gasteiger partial charge in [0.05, 0.1) is 19.3 Å². The van der Waals surface area contributed by atoms with Crippen LogP contribution in [0.4, 0.5) is 10.5 Å². The van der Waals surface area contributed by atoms with E-state index in [4.69, 9.17) is 4.74 Å². The number of benzene rings is 3. The van der Waals surface area contributed by atoms with Gasteiger partial charge in [0.1, 0.15) is 10.6 Å². The Morgan fingerprint density at radius 2 is 1.71 bits per heavy atom. The van der Waals surface area contributed by atoms with Gasteiger partial charge in [-0.05, 0) is 41.5 Å². The summed E-state index contributed by atoms with van der Waals surface area (Å²) in [5, 5.41) is 2.65. The minimum atomic E-state index is -4.00. The normalized spacial score (nSPS) is 14.1. The van der Waals surface area contributed by atoms with Gasteiger partial charge in [-0.1, -0.05) is 54.3 Å². The van der Waals surface area contributed by atoms with Crippen molar-refractivity contribution in [2.75, 3.05) is 12.4 Å². The fourth-order valence-electron chi connectivity index (χ4n) is 3.22. The number of hydrogen-bond donors (Lipinski definition) is 1. The van der Waals surface area contributed by atoms with E-state index in [2.05, 4.69) is 17.2 Å². The van der Waals surface area contributed by atoms with Gasteiger partial charge >= 0.3 is 6.03 Å². The highest BCUT2D eigenvalue weighted by molar-refractivity contribution is 7.90. The van der Waals surface area contributed by atoms with Crippen molar-refractivity contribution in [3.63, 3.8) is 0 Å². The Kier molecular flexibility index (Phi) is 5.65. The van der Waals surface area contributed by atoms with Gasteiger partial charge in [-0.15, -0.1) is 0 Å². The highest BCUT2D eigenvalue weighted by Crippen LogP contribution is 2.31. The molecule has 31 heavy (non-hydrogen) atoms. The van der Waals surface area contributed by atoms with E-state index in [1.165, 1.54) is 6.07 Å². The average molecular weight is 433 g/mol. The molecule has 0 saturated carbocycles. The molecule has 1 aliphatic rings. The van der Waals surface area contributed by atoms with Crippen molar-refractivity contribution in [1.82, 2.24) is 4.31 Å². The molecule has 0 unspecified atom stereocenters. The van der Waals surface area contributed by atoms with Crippen LogP contribution in [-0.4, -0.2) is 25.9 Å². The van der Waals surface area contributed by atoms with Crippen LogP contribution in [0.5, 0.6) is 5.75 Å². The highest BCUT2D eigenvalue weighted by atomic mass is 32.2. The van der Waals surface area contributed by atoms with E-state index in [0.29, 0.717) is 12.0 Å². The number of nitrogens with zero attached hydrogens (tertiary/aromatic N) is 1. The quantitative estimate of drug-likeness (QED) is 0.632. The fourth-order valence-corrected chi connectivity index (χ4v) is 4.71. The third-order valence-electron chi connectivity index (χ3n) is 4.87. The van der Waals surface area contributed by atoms with Gasteiger partial charge in [0.25, 0.3) is 10.0 Å². The first-order valence-electron chi connectivity index (χ1n) is 9.61. The van der Waals surface area contributed by atoms with Gasteiger partial charge < -0.3 is 10.1 Å². The molecular weight excluding hydrogens is 412 g/mol. The molecule has 3 aromatic rings. The molecule has 0 fully saturated rings. The number of amides is 2. The van der Waals surface area contributed by atoms with Crippen molar-refractivity contribution in [2.24, 2.45) is 0 Å². The molecule has 3 aromatic carbocycles. The van der Waals surface area contributed by atoms with Crippen LogP contribution in [0.1, 0.15) is 16.7 Å². The zero-order valence-electron chi connectivity index (χ0n) is 16.8. The van der Waals surface area contributed by atoms with Gasteiger partial charge in [-0.25, -0.2) is 17.5 Å². The first-order chi connectivity index (χ1) is 15.0. The molecule has 0 atom stereocenters. The zero-order chi connectivity index (χ0) is 21.8. The molecule has 0 aromatic heterocycles. The smallest absolute Gasteiger partial charge is 0.336 e. The van der Waals surface area contributed by atoms with Gasteiger partial charge in [0, 0.05) is 12.0 Å².